The Kier molecular flexibility index (Phi) is 8.37. The van der Waals surface area contributed by atoms with Crippen LogP contribution in [0, 0.1) is 6.92 Å². The Bertz CT molecular complexity index is 1540. The number of aryl methyl sites for hydroxylation is 2. The molecule has 1 aromatic carbocycles. The van der Waals surface area contributed by atoms with E-state index < -0.39 is 10.8 Å². The Morgan fingerprint density at radius 2 is 2.12 bits per heavy atom. The molecule has 2 unspecified atom stereocenters. The van der Waals surface area contributed by atoms with Gasteiger partial charge in [0.25, 0.3) is 0 Å². The lowest BCUT2D eigenvalue weighted by Crippen LogP contribution is -2.34. The quantitative estimate of drug-likeness (QED) is 0.224. The Labute approximate surface area is 243 Å². The van der Waals surface area contributed by atoms with Crippen LogP contribution in [-0.2, 0) is 22.6 Å². The maximum Gasteiger partial charge on any atom is 0.306 e. The Balaban J connectivity index is 1.52. The van der Waals surface area contributed by atoms with Crippen molar-refractivity contribution < 1.29 is 23.4 Å². The van der Waals surface area contributed by atoms with E-state index in [1.165, 1.54) is 24.6 Å². The standard InChI is InChI=1S/C27H32ClN5O5S2/c1-5-18-15-32(40(35,36)24-13-29-10-9-22(24)38-18)14-17-11-23(39-27(17)28)20(12-25(34)37-4)19-7-8-21-26(16(19)3)30-31-33(21)6-2/h7-11,13,18,20,35-36H,5-6,12,14-15H2,1-4H3. The summed E-state index contributed by atoms with van der Waals surface area (Å²) in [7, 11) is -2.02. The number of esters is 1. The minimum atomic E-state index is -3.39. The molecule has 214 valence electrons. The SMILES string of the molecule is CCC1CN(Cc2cc(C(CC(=O)OC)c3ccc4c(nnn4CC)c3C)sc2Cl)S(O)(O)c2cnccc2O1. The van der Waals surface area contributed by atoms with Gasteiger partial charge < -0.3 is 9.47 Å². The molecule has 0 bridgehead atoms. The van der Waals surface area contributed by atoms with Crippen molar-refractivity contribution in [3.8, 4) is 5.75 Å². The minimum Gasteiger partial charge on any atom is -0.487 e. The van der Waals surface area contributed by atoms with Crippen molar-refractivity contribution in [2.75, 3.05) is 13.7 Å². The lowest BCUT2D eigenvalue weighted by molar-refractivity contribution is -0.140. The fourth-order valence-electron chi connectivity index (χ4n) is 5.03. The molecule has 10 nitrogen and oxygen atoms in total. The zero-order valence-electron chi connectivity index (χ0n) is 22.7. The van der Waals surface area contributed by atoms with Gasteiger partial charge in [0.2, 0.25) is 0 Å². The van der Waals surface area contributed by atoms with Crippen LogP contribution in [0.25, 0.3) is 11.0 Å². The molecule has 40 heavy (non-hydrogen) atoms. The van der Waals surface area contributed by atoms with Crippen LogP contribution in [0.1, 0.15) is 54.2 Å². The van der Waals surface area contributed by atoms with Crippen molar-refractivity contribution in [1.29, 1.82) is 0 Å². The molecule has 0 saturated heterocycles. The number of thiophene rings is 1. The zero-order valence-corrected chi connectivity index (χ0v) is 25.1. The smallest absolute Gasteiger partial charge is 0.306 e. The van der Waals surface area contributed by atoms with Crippen LogP contribution in [0.4, 0.5) is 0 Å². The van der Waals surface area contributed by atoms with E-state index in [1.807, 2.05) is 43.7 Å². The molecule has 1 aliphatic rings. The summed E-state index contributed by atoms with van der Waals surface area (Å²) in [6.07, 6.45) is 3.57. The largest absolute Gasteiger partial charge is 0.487 e. The van der Waals surface area contributed by atoms with Gasteiger partial charge in [0, 0.05) is 36.1 Å². The highest BCUT2D eigenvalue weighted by Crippen LogP contribution is 2.57. The molecule has 2 N–H and O–H groups in total. The monoisotopic (exact) mass is 605 g/mol. The van der Waals surface area contributed by atoms with Crippen molar-refractivity contribution in [2.45, 2.75) is 63.6 Å². The van der Waals surface area contributed by atoms with Crippen molar-refractivity contribution in [3.63, 3.8) is 0 Å². The van der Waals surface area contributed by atoms with Gasteiger partial charge in [-0.15, -0.1) is 27.2 Å². The molecule has 13 heteroatoms. The molecule has 0 saturated carbocycles. The molecule has 0 aliphatic carbocycles. The van der Waals surface area contributed by atoms with E-state index >= 15 is 0 Å². The summed E-state index contributed by atoms with van der Waals surface area (Å²) in [5, 5.41) is 8.63. The first kappa shape index (κ1) is 28.8. The zero-order chi connectivity index (χ0) is 28.6. The number of pyridine rings is 1. The number of hydrogen-bond acceptors (Lipinski definition) is 10. The number of ether oxygens (including phenoxy) is 2. The summed E-state index contributed by atoms with van der Waals surface area (Å²) < 4.78 is 37.8. The van der Waals surface area contributed by atoms with Crippen LogP contribution in [0.3, 0.4) is 0 Å². The number of methoxy groups -OCH3 is 1. The van der Waals surface area contributed by atoms with E-state index in [2.05, 4.69) is 15.3 Å². The summed E-state index contributed by atoms with van der Waals surface area (Å²) in [5.41, 5.74) is 4.32. The molecule has 4 aromatic rings. The molecular formula is C27H32ClN5O5S2. The summed E-state index contributed by atoms with van der Waals surface area (Å²) >= 11 is 8.15. The molecular weight excluding hydrogens is 574 g/mol. The van der Waals surface area contributed by atoms with E-state index in [4.69, 9.17) is 21.1 Å². The number of carbonyl (C=O) groups is 1. The first-order valence-corrected chi connectivity index (χ1v) is 15.7. The van der Waals surface area contributed by atoms with Gasteiger partial charge in [-0.2, -0.15) is 4.31 Å². The highest BCUT2D eigenvalue weighted by Gasteiger charge is 2.36. The van der Waals surface area contributed by atoms with Gasteiger partial charge in [0.05, 0.1) is 36.1 Å². The topological polar surface area (TPSA) is 123 Å². The molecule has 3 aromatic heterocycles. The number of carbonyl (C=O) groups excluding carboxylic acids is 1. The Morgan fingerprint density at radius 3 is 2.85 bits per heavy atom. The van der Waals surface area contributed by atoms with Gasteiger partial charge in [0.1, 0.15) is 22.3 Å². The average molecular weight is 606 g/mol. The number of halogens is 1. The van der Waals surface area contributed by atoms with Crippen LogP contribution >= 0.6 is 33.7 Å². The van der Waals surface area contributed by atoms with Crippen molar-refractivity contribution in [2.24, 2.45) is 0 Å². The molecule has 2 atom stereocenters. The molecule has 4 heterocycles. The van der Waals surface area contributed by atoms with Gasteiger partial charge in [0.15, 0.2) is 0 Å². The third-order valence-corrected chi connectivity index (χ3v) is 10.7. The van der Waals surface area contributed by atoms with Crippen molar-refractivity contribution in [3.05, 3.63) is 62.6 Å². The maximum atomic E-state index is 12.5. The predicted molar refractivity (Wildman–Crippen MR) is 156 cm³/mol. The van der Waals surface area contributed by atoms with Crippen molar-refractivity contribution >= 4 is 50.7 Å². The first-order valence-electron chi connectivity index (χ1n) is 13.0. The number of hydrogen-bond donors (Lipinski definition) is 2. The molecule has 5 rings (SSSR count). The van der Waals surface area contributed by atoms with Gasteiger partial charge in [-0.05, 0) is 49.1 Å². The van der Waals surface area contributed by atoms with Crippen LogP contribution in [0.5, 0.6) is 5.75 Å². The molecule has 1 aliphatic heterocycles. The van der Waals surface area contributed by atoms with E-state index in [1.54, 1.807) is 16.6 Å². The summed E-state index contributed by atoms with van der Waals surface area (Å²) in [6, 6.07) is 7.58. The number of fused-ring (bicyclic) bond motifs is 2. The lowest BCUT2D eigenvalue weighted by atomic mass is 9.89. The second kappa shape index (κ2) is 11.6. The summed E-state index contributed by atoms with van der Waals surface area (Å²) in [6.45, 7) is 7.16. The first-order chi connectivity index (χ1) is 19.2. The number of rotatable bonds is 8. The van der Waals surface area contributed by atoms with E-state index in [0.29, 0.717) is 29.6 Å². The van der Waals surface area contributed by atoms with Gasteiger partial charge >= 0.3 is 5.97 Å². The average Bonchev–Trinajstić information content (AvgIpc) is 3.51. The highest BCUT2D eigenvalue weighted by atomic mass is 35.5. The van der Waals surface area contributed by atoms with E-state index in [9.17, 15) is 13.9 Å². The fraction of sp³-hybridized carbons (Fsp3) is 0.407. The lowest BCUT2D eigenvalue weighted by Gasteiger charge is -2.41. The van der Waals surface area contributed by atoms with Gasteiger partial charge in [-0.25, -0.2) is 4.68 Å². The second-order valence-corrected chi connectivity index (χ2v) is 13.3. The Morgan fingerprint density at radius 1 is 1.32 bits per heavy atom. The van der Waals surface area contributed by atoms with Gasteiger partial charge in [-0.3, -0.25) is 18.9 Å². The maximum absolute atomic E-state index is 12.5. The minimum absolute atomic E-state index is 0.116. The highest BCUT2D eigenvalue weighted by molar-refractivity contribution is 8.22. The van der Waals surface area contributed by atoms with E-state index in [-0.39, 0.29) is 35.9 Å². The van der Waals surface area contributed by atoms with Crippen molar-refractivity contribution in [1.82, 2.24) is 24.3 Å². The molecule has 0 radical (unpaired) electrons. The van der Waals surface area contributed by atoms with E-state index in [0.717, 1.165) is 32.6 Å². The number of benzene rings is 1. The normalized spacial score (nSPS) is 18.5. The second-order valence-electron chi connectivity index (χ2n) is 9.65. The molecule has 0 amide bonds. The summed E-state index contributed by atoms with van der Waals surface area (Å²) in [4.78, 5) is 17.8. The fourth-order valence-corrected chi connectivity index (χ4v) is 7.99. The third kappa shape index (κ3) is 5.31. The molecule has 0 spiro atoms. The number of nitrogens with zero attached hydrogens (tertiary/aromatic N) is 5. The number of aromatic nitrogens is 4. The Hall–Kier alpha value is -2.74. The van der Waals surface area contributed by atoms with Crippen LogP contribution in [-0.4, -0.2) is 59.1 Å². The van der Waals surface area contributed by atoms with Crippen LogP contribution in [0.15, 0.2) is 41.6 Å². The van der Waals surface area contributed by atoms with Gasteiger partial charge in [-0.1, -0.05) is 29.8 Å². The molecule has 0 fully saturated rings. The van der Waals surface area contributed by atoms with Crippen LogP contribution in [0.2, 0.25) is 4.34 Å². The summed E-state index contributed by atoms with van der Waals surface area (Å²) in [5.74, 6) is -0.256. The third-order valence-electron chi connectivity index (χ3n) is 7.28. The van der Waals surface area contributed by atoms with Crippen LogP contribution < -0.4 is 4.74 Å². The predicted octanol–water partition coefficient (Wildman–Crippen LogP) is 6.26.